The molecule has 1 aromatic heterocycles. The number of nitrogens with one attached hydrogen (secondary N) is 1. The van der Waals surface area contributed by atoms with E-state index in [-0.39, 0.29) is 0 Å². The minimum Gasteiger partial charge on any atom is -0.497 e. The molecule has 0 saturated carbocycles. The fourth-order valence-electron chi connectivity index (χ4n) is 3.22. The first-order chi connectivity index (χ1) is 13.7. The Hall–Kier alpha value is -2.42. The third-order valence-electron chi connectivity index (χ3n) is 4.78. The number of methoxy groups -OCH3 is 1. The monoisotopic (exact) mass is 413 g/mol. The average molecular weight is 414 g/mol. The van der Waals surface area contributed by atoms with Crippen LogP contribution in [0, 0.1) is 3.95 Å². The fraction of sp³-hybridized carbons (Fsp3) is 0.300. The Bertz CT molecular complexity index is 947. The van der Waals surface area contributed by atoms with Gasteiger partial charge >= 0.3 is 0 Å². The summed E-state index contributed by atoms with van der Waals surface area (Å²) >= 11 is 7.01. The van der Waals surface area contributed by atoms with Gasteiger partial charge in [-0.15, -0.1) is 5.10 Å². The number of para-hydroxylation sites is 1. The van der Waals surface area contributed by atoms with E-state index >= 15 is 0 Å². The number of anilines is 3. The molecule has 0 bridgehead atoms. The molecule has 8 heteroatoms. The molecular weight excluding hydrogens is 390 g/mol. The number of benzene rings is 2. The van der Waals surface area contributed by atoms with E-state index in [0.717, 1.165) is 53.4 Å². The number of nitrogens with zero attached hydrogens (tertiary/aromatic N) is 4. The second-order valence-electron chi connectivity index (χ2n) is 6.61. The predicted octanol–water partition coefficient (Wildman–Crippen LogP) is 4.21. The minimum absolute atomic E-state index is 0.724. The van der Waals surface area contributed by atoms with Crippen LogP contribution in [0.3, 0.4) is 0 Å². The summed E-state index contributed by atoms with van der Waals surface area (Å²) in [7, 11) is 1.66. The molecule has 3 aromatic rings. The van der Waals surface area contributed by atoms with Crippen LogP contribution in [0.25, 0.3) is 0 Å². The van der Waals surface area contributed by atoms with Crippen molar-refractivity contribution < 1.29 is 4.74 Å². The zero-order valence-corrected chi connectivity index (χ0v) is 17.4. The van der Waals surface area contributed by atoms with Crippen LogP contribution in [0.4, 0.5) is 16.5 Å². The molecule has 146 valence electrons. The first-order valence-electron chi connectivity index (χ1n) is 9.22. The Morgan fingerprint density at radius 2 is 1.75 bits per heavy atom. The van der Waals surface area contributed by atoms with Crippen LogP contribution >= 0.6 is 23.6 Å². The Morgan fingerprint density at radius 3 is 2.43 bits per heavy atom. The van der Waals surface area contributed by atoms with Gasteiger partial charge in [-0.25, -0.2) is 4.68 Å². The van der Waals surface area contributed by atoms with Crippen LogP contribution in [-0.2, 0) is 6.67 Å². The zero-order valence-electron chi connectivity index (χ0n) is 15.7. The van der Waals surface area contributed by atoms with Crippen molar-refractivity contribution in [2.75, 3.05) is 43.5 Å². The molecule has 1 fully saturated rings. The molecule has 0 unspecified atom stereocenters. The van der Waals surface area contributed by atoms with Crippen molar-refractivity contribution in [1.29, 1.82) is 0 Å². The van der Waals surface area contributed by atoms with Gasteiger partial charge in [0.2, 0.25) is 5.13 Å². The molecule has 0 radical (unpaired) electrons. The maximum atomic E-state index is 5.52. The summed E-state index contributed by atoms with van der Waals surface area (Å²) in [5.41, 5.74) is 2.26. The van der Waals surface area contributed by atoms with Crippen LogP contribution in [0.1, 0.15) is 0 Å². The summed E-state index contributed by atoms with van der Waals surface area (Å²) in [6, 6.07) is 18.4. The van der Waals surface area contributed by atoms with E-state index in [2.05, 4.69) is 50.5 Å². The molecule has 6 nitrogen and oxygen atoms in total. The van der Waals surface area contributed by atoms with Gasteiger partial charge in [0.15, 0.2) is 3.95 Å². The molecule has 0 amide bonds. The molecule has 1 N–H and O–H groups in total. The lowest BCUT2D eigenvalue weighted by Gasteiger charge is -2.35. The lowest BCUT2D eigenvalue weighted by molar-refractivity contribution is 0.195. The highest BCUT2D eigenvalue weighted by molar-refractivity contribution is 7.73. The predicted molar refractivity (Wildman–Crippen MR) is 117 cm³/mol. The van der Waals surface area contributed by atoms with Crippen LogP contribution in [0.15, 0.2) is 54.6 Å². The van der Waals surface area contributed by atoms with Crippen LogP contribution in [0.2, 0.25) is 0 Å². The third-order valence-corrected chi connectivity index (χ3v) is 6.00. The van der Waals surface area contributed by atoms with Gasteiger partial charge in [-0.3, -0.25) is 4.90 Å². The highest BCUT2D eigenvalue weighted by atomic mass is 32.1. The van der Waals surface area contributed by atoms with Crippen molar-refractivity contribution in [3.8, 4) is 5.75 Å². The lowest BCUT2D eigenvalue weighted by Crippen LogP contribution is -2.46. The molecule has 0 aliphatic carbocycles. The van der Waals surface area contributed by atoms with E-state index < -0.39 is 0 Å². The molecule has 2 heterocycles. The van der Waals surface area contributed by atoms with Gasteiger partial charge < -0.3 is 15.0 Å². The van der Waals surface area contributed by atoms with E-state index in [0.29, 0.717) is 0 Å². The molecular formula is C20H23N5OS2. The highest BCUT2D eigenvalue weighted by Gasteiger charge is 2.18. The van der Waals surface area contributed by atoms with E-state index in [4.69, 9.17) is 17.0 Å². The maximum Gasteiger partial charge on any atom is 0.209 e. The standard InChI is InChI=1S/C20H23N5OS2/c1-26-18-9-7-16(8-10-18)21-19-22-25(20(27)28-19)15-23-11-13-24(14-12-23)17-5-3-2-4-6-17/h2-10H,11-15H2,1H3,(H,21,22). The van der Waals surface area contributed by atoms with Crippen LogP contribution in [-0.4, -0.2) is 48.0 Å². The van der Waals surface area contributed by atoms with Gasteiger partial charge in [-0.1, -0.05) is 29.5 Å². The van der Waals surface area contributed by atoms with Crippen LogP contribution in [0.5, 0.6) is 5.75 Å². The Kier molecular flexibility index (Phi) is 5.90. The zero-order chi connectivity index (χ0) is 19.3. The highest BCUT2D eigenvalue weighted by Crippen LogP contribution is 2.23. The normalized spacial score (nSPS) is 14.8. The molecule has 2 aromatic carbocycles. The largest absolute Gasteiger partial charge is 0.497 e. The first-order valence-corrected chi connectivity index (χ1v) is 10.4. The summed E-state index contributed by atoms with van der Waals surface area (Å²) in [4.78, 5) is 4.82. The summed E-state index contributed by atoms with van der Waals surface area (Å²) in [5, 5.41) is 8.78. The quantitative estimate of drug-likeness (QED) is 0.611. The second kappa shape index (κ2) is 8.72. The fourth-order valence-corrected chi connectivity index (χ4v) is 4.23. The summed E-state index contributed by atoms with van der Waals surface area (Å²) < 4.78 is 7.88. The van der Waals surface area contributed by atoms with Gasteiger partial charge in [-0.2, -0.15) is 0 Å². The van der Waals surface area contributed by atoms with E-state index in [1.165, 1.54) is 17.0 Å². The molecule has 28 heavy (non-hydrogen) atoms. The third kappa shape index (κ3) is 4.52. The number of hydrogen-bond donors (Lipinski definition) is 1. The Balaban J connectivity index is 1.35. The SMILES string of the molecule is COc1ccc(Nc2nn(CN3CCN(c4ccccc4)CC3)c(=S)s2)cc1. The molecule has 1 saturated heterocycles. The maximum absolute atomic E-state index is 5.52. The van der Waals surface area contributed by atoms with E-state index in [1.54, 1.807) is 7.11 Å². The molecule has 1 aliphatic heterocycles. The van der Waals surface area contributed by atoms with Gasteiger partial charge in [0.05, 0.1) is 13.8 Å². The van der Waals surface area contributed by atoms with Gasteiger partial charge in [0.1, 0.15) is 5.75 Å². The van der Waals surface area contributed by atoms with Crippen molar-refractivity contribution in [1.82, 2.24) is 14.7 Å². The number of hydrogen-bond acceptors (Lipinski definition) is 7. The summed E-state index contributed by atoms with van der Waals surface area (Å²) in [6.07, 6.45) is 0. The molecule has 0 atom stereocenters. The molecule has 0 spiro atoms. The topological polar surface area (TPSA) is 45.6 Å². The van der Waals surface area contributed by atoms with Crippen molar-refractivity contribution in [2.45, 2.75) is 6.67 Å². The number of ether oxygens (including phenoxy) is 1. The van der Waals surface area contributed by atoms with Crippen molar-refractivity contribution in [3.63, 3.8) is 0 Å². The lowest BCUT2D eigenvalue weighted by atomic mass is 10.2. The van der Waals surface area contributed by atoms with Crippen molar-refractivity contribution in [3.05, 3.63) is 58.6 Å². The Morgan fingerprint density at radius 1 is 1.04 bits per heavy atom. The number of piperazine rings is 1. The summed E-state index contributed by atoms with van der Waals surface area (Å²) in [6.45, 7) is 4.74. The van der Waals surface area contributed by atoms with Gasteiger partial charge in [0, 0.05) is 37.6 Å². The van der Waals surface area contributed by atoms with Crippen LogP contribution < -0.4 is 15.0 Å². The number of aromatic nitrogens is 2. The van der Waals surface area contributed by atoms with Crippen molar-refractivity contribution in [2.24, 2.45) is 0 Å². The van der Waals surface area contributed by atoms with E-state index in [9.17, 15) is 0 Å². The van der Waals surface area contributed by atoms with Gasteiger partial charge in [0.25, 0.3) is 0 Å². The average Bonchev–Trinajstić information content (AvgIpc) is 3.08. The van der Waals surface area contributed by atoms with E-state index in [1.807, 2.05) is 28.9 Å². The Labute approximate surface area is 174 Å². The first kappa shape index (κ1) is 18.9. The minimum atomic E-state index is 0.724. The number of rotatable bonds is 6. The molecule has 1 aliphatic rings. The summed E-state index contributed by atoms with van der Waals surface area (Å²) in [5.74, 6) is 0.832. The smallest absolute Gasteiger partial charge is 0.209 e. The second-order valence-corrected chi connectivity index (χ2v) is 8.23. The van der Waals surface area contributed by atoms with Gasteiger partial charge in [-0.05, 0) is 48.6 Å². The van der Waals surface area contributed by atoms with Crippen molar-refractivity contribution >= 4 is 40.1 Å². The molecule has 4 rings (SSSR count).